The number of nitrogens with one attached hydrogen (secondary N) is 1. The molecule has 23 heavy (non-hydrogen) atoms. The normalized spacial score (nSPS) is 10.7. The van der Waals surface area contributed by atoms with Crippen LogP contribution in [0.4, 0.5) is 4.79 Å². The molecule has 0 aliphatic carbocycles. The van der Waals surface area contributed by atoms with Gasteiger partial charge in [0.25, 0.3) is 0 Å². The van der Waals surface area contributed by atoms with Crippen molar-refractivity contribution in [3.8, 4) is 0 Å². The fourth-order valence-electron chi connectivity index (χ4n) is 2.44. The van der Waals surface area contributed by atoms with Crippen LogP contribution in [0.5, 0.6) is 0 Å². The number of hydrogen-bond donors (Lipinski definition) is 2. The van der Waals surface area contributed by atoms with E-state index in [1.807, 2.05) is 36.0 Å². The number of aryl methyl sites for hydroxylation is 1. The third-order valence-electron chi connectivity index (χ3n) is 3.71. The fraction of sp³-hybridized carbons (Fsp3) is 0.375. The molecular formula is C16H20ClN3O3. The number of urea groups is 1. The minimum atomic E-state index is -0.918. The highest BCUT2D eigenvalue weighted by atomic mass is 35.5. The molecule has 2 N–H and O–H groups in total. The van der Waals surface area contributed by atoms with Gasteiger partial charge in [-0.15, -0.1) is 0 Å². The number of carbonyl (C=O) groups is 2. The standard InChI is InChI=1S/C16H20ClN3O3/c1-19(8-6-15(21)22)16(23)18-7-5-11-10-20(2)14-9-12(17)3-4-13(11)14/h3-4,9-10H,5-8H2,1-2H3,(H,18,23)(H,21,22). The minimum Gasteiger partial charge on any atom is -0.481 e. The molecule has 0 aliphatic heterocycles. The quantitative estimate of drug-likeness (QED) is 0.850. The molecular weight excluding hydrogens is 318 g/mol. The van der Waals surface area contributed by atoms with Gasteiger partial charge in [-0.3, -0.25) is 4.79 Å². The van der Waals surface area contributed by atoms with E-state index in [1.165, 1.54) is 4.90 Å². The molecule has 0 fully saturated rings. The number of nitrogens with zero attached hydrogens (tertiary/aromatic N) is 2. The van der Waals surface area contributed by atoms with Crippen LogP contribution in [-0.2, 0) is 18.3 Å². The number of aromatic nitrogens is 1. The van der Waals surface area contributed by atoms with E-state index in [0.29, 0.717) is 18.0 Å². The average molecular weight is 338 g/mol. The van der Waals surface area contributed by atoms with Gasteiger partial charge in [0, 0.05) is 49.3 Å². The lowest BCUT2D eigenvalue weighted by Crippen LogP contribution is -2.39. The summed E-state index contributed by atoms with van der Waals surface area (Å²) in [4.78, 5) is 23.7. The van der Waals surface area contributed by atoms with E-state index >= 15 is 0 Å². The molecule has 0 saturated heterocycles. The Labute approximate surface area is 139 Å². The number of carboxylic acids is 1. The number of amides is 2. The van der Waals surface area contributed by atoms with E-state index in [-0.39, 0.29) is 19.0 Å². The predicted octanol–water partition coefficient (Wildman–Crippen LogP) is 2.49. The number of carboxylic acid groups (broad SMARTS) is 1. The van der Waals surface area contributed by atoms with E-state index in [0.717, 1.165) is 16.5 Å². The summed E-state index contributed by atoms with van der Waals surface area (Å²) in [5.41, 5.74) is 2.19. The first-order valence-corrected chi connectivity index (χ1v) is 7.70. The van der Waals surface area contributed by atoms with E-state index in [9.17, 15) is 9.59 Å². The maximum Gasteiger partial charge on any atom is 0.317 e. The summed E-state index contributed by atoms with van der Waals surface area (Å²) in [6, 6.07) is 5.48. The maximum absolute atomic E-state index is 11.9. The van der Waals surface area contributed by atoms with E-state index in [2.05, 4.69) is 5.32 Å². The van der Waals surface area contributed by atoms with Crippen LogP contribution in [0.3, 0.4) is 0 Å². The van der Waals surface area contributed by atoms with Crippen molar-refractivity contribution in [1.82, 2.24) is 14.8 Å². The van der Waals surface area contributed by atoms with Gasteiger partial charge in [0.05, 0.1) is 6.42 Å². The Morgan fingerprint density at radius 2 is 2.13 bits per heavy atom. The molecule has 7 heteroatoms. The van der Waals surface area contributed by atoms with Crippen LogP contribution in [0.15, 0.2) is 24.4 Å². The second-order valence-corrected chi connectivity index (χ2v) is 5.91. The van der Waals surface area contributed by atoms with Crippen LogP contribution in [0, 0.1) is 0 Å². The summed E-state index contributed by atoms with van der Waals surface area (Å²) < 4.78 is 2.01. The van der Waals surface area contributed by atoms with Crippen molar-refractivity contribution in [3.05, 3.63) is 35.0 Å². The molecule has 0 radical (unpaired) electrons. The Hall–Kier alpha value is -2.21. The third kappa shape index (κ3) is 4.39. The van der Waals surface area contributed by atoms with Crippen LogP contribution >= 0.6 is 11.6 Å². The lowest BCUT2D eigenvalue weighted by molar-refractivity contribution is -0.137. The molecule has 1 aromatic heterocycles. The Kier molecular flexibility index (Phi) is 5.50. The third-order valence-corrected chi connectivity index (χ3v) is 3.95. The van der Waals surface area contributed by atoms with Crippen molar-refractivity contribution < 1.29 is 14.7 Å². The number of benzene rings is 1. The van der Waals surface area contributed by atoms with Crippen molar-refractivity contribution in [2.24, 2.45) is 7.05 Å². The first kappa shape index (κ1) is 17.1. The summed E-state index contributed by atoms with van der Waals surface area (Å²) in [7, 11) is 3.54. The zero-order chi connectivity index (χ0) is 17.0. The van der Waals surface area contributed by atoms with E-state index in [4.69, 9.17) is 16.7 Å². The minimum absolute atomic E-state index is 0.0615. The molecule has 124 valence electrons. The SMILES string of the molecule is CN(CCC(=O)O)C(=O)NCCc1cn(C)c2cc(Cl)ccc12. The summed E-state index contributed by atoms with van der Waals surface area (Å²) in [6.07, 6.45) is 2.66. The Balaban J connectivity index is 1.92. The molecule has 2 aromatic rings. The largest absolute Gasteiger partial charge is 0.481 e. The van der Waals surface area contributed by atoms with Crippen LogP contribution < -0.4 is 5.32 Å². The summed E-state index contributed by atoms with van der Waals surface area (Å²) in [6.45, 7) is 0.673. The van der Waals surface area contributed by atoms with Crippen molar-refractivity contribution in [2.45, 2.75) is 12.8 Å². The zero-order valence-corrected chi connectivity index (χ0v) is 13.9. The average Bonchev–Trinajstić information content (AvgIpc) is 2.80. The van der Waals surface area contributed by atoms with Crippen molar-refractivity contribution in [2.75, 3.05) is 20.1 Å². The van der Waals surface area contributed by atoms with Crippen molar-refractivity contribution in [1.29, 1.82) is 0 Å². The second kappa shape index (κ2) is 7.37. The summed E-state index contributed by atoms with van der Waals surface area (Å²) in [5, 5.41) is 13.2. The molecule has 2 amide bonds. The monoisotopic (exact) mass is 337 g/mol. The van der Waals surface area contributed by atoms with Gasteiger partial charge >= 0.3 is 12.0 Å². The van der Waals surface area contributed by atoms with Crippen LogP contribution in [0.1, 0.15) is 12.0 Å². The highest BCUT2D eigenvalue weighted by Gasteiger charge is 2.11. The van der Waals surface area contributed by atoms with Gasteiger partial charge in [-0.25, -0.2) is 4.79 Å². The van der Waals surface area contributed by atoms with Gasteiger partial charge in [-0.2, -0.15) is 0 Å². The first-order chi connectivity index (χ1) is 10.9. The molecule has 2 rings (SSSR count). The lowest BCUT2D eigenvalue weighted by atomic mass is 10.1. The Bertz CT molecular complexity index is 727. The lowest BCUT2D eigenvalue weighted by Gasteiger charge is -2.16. The molecule has 6 nitrogen and oxygen atoms in total. The van der Waals surface area contributed by atoms with Crippen molar-refractivity contribution in [3.63, 3.8) is 0 Å². The van der Waals surface area contributed by atoms with Crippen LogP contribution in [-0.4, -0.2) is 46.7 Å². The van der Waals surface area contributed by atoms with Gasteiger partial charge in [0.15, 0.2) is 0 Å². The molecule has 0 bridgehead atoms. The Morgan fingerprint density at radius 3 is 2.83 bits per heavy atom. The molecule has 0 saturated carbocycles. The number of halogens is 1. The highest BCUT2D eigenvalue weighted by molar-refractivity contribution is 6.31. The highest BCUT2D eigenvalue weighted by Crippen LogP contribution is 2.24. The Morgan fingerprint density at radius 1 is 1.39 bits per heavy atom. The number of rotatable bonds is 6. The summed E-state index contributed by atoms with van der Waals surface area (Å²) in [5.74, 6) is -0.918. The van der Waals surface area contributed by atoms with Crippen LogP contribution in [0.25, 0.3) is 10.9 Å². The van der Waals surface area contributed by atoms with Gasteiger partial charge in [-0.1, -0.05) is 17.7 Å². The van der Waals surface area contributed by atoms with Gasteiger partial charge in [0.2, 0.25) is 0 Å². The number of fused-ring (bicyclic) bond motifs is 1. The zero-order valence-electron chi connectivity index (χ0n) is 13.2. The molecule has 1 heterocycles. The number of aliphatic carboxylic acids is 1. The number of carbonyl (C=O) groups excluding carboxylic acids is 1. The summed E-state index contributed by atoms with van der Waals surface area (Å²) >= 11 is 6.01. The van der Waals surface area contributed by atoms with Crippen molar-refractivity contribution >= 4 is 34.5 Å². The van der Waals surface area contributed by atoms with Gasteiger partial charge in [-0.05, 0) is 24.1 Å². The molecule has 0 unspecified atom stereocenters. The molecule has 1 aromatic carbocycles. The first-order valence-electron chi connectivity index (χ1n) is 7.32. The van der Waals surface area contributed by atoms with Crippen LogP contribution in [0.2, 0.25) is 5.02 Å². The maximum atomic E-state index is 11.9. The van der Waals surface area contributed by atoms with E-state index < -0.39 is 5.97 Å². The molecule has 0 aliphatic rings. The molecule has 0 atom stereocenters. The predicted molar refractivity (Wildman–Crippen MR) is 89.9 cm³/mol. The van der Waals surface area contributed by atoms with Gasteiger partial charge < -0.3 is 19.9 Å². The van der Waals surface area contributed by atoms with E-state index in [1.54, 1.807) is 7.05 Å². The fourth-order valence-corrected chi connectivity index (χ4v) is 2.61. The topological polar surface area (TPSA) is 74.6 Å². The number of hydrogen-bond acceptors (Lipinski definition) is 2. The second-order valence-electron chi connectivity index (χ2n) is 5.47. The smallest absolute Gasteiger partial charge is 0.317 e. The van der Waals surface area contributed by atoms with Gasteiger partial charge in [0.1, 0.15) is 0 Å². The molecule has 0 spiro atoms.